The van der Waals surface area contributed by atoms with Crippen molar-refractivity contribution >= 4 is 27.1 Å². The van der Waals surface area contributed by atoms with Crippen molar-refractivity contribution < 1.29 is 17.9 Å². The first-order valence-corrected chi connectivity index (χ1v) is 9.71. The number of benzene rings is 2. The van der Waals surface area contributed by atoms with E-state index >= 15 is 0 Å². The molecule has 8 heteroatoms. The second-order valence-electron chi connectivity index (χ2n) is 5.59. The first kappa shape index (κ1) is 19.5. The lowest BCUT2D eigenvalue weighted by molar-refractivity contribution is -0.119. The molecule has 138 valence electrons. The molecule has 26 heavy (non-hydrogen) atoms. The third kappa shape index (κ3) is 5.32. The van der Waals surface area contributed by atoms with Gasteiger partial charge in [-0.15, -0.1) is 0 Å². The molecule has 0 fully saturated rings. The summed E-state index contributed by atoms with van der Waals surface area (Å²) in [5.74, 6) is -0.0652. The number of hydrazone groups is 1. The largest absolute Gasteiger partial charge is 0.495 e. The molecule has 0 saturated heterocycles. The molecule has 0 radical (unpaired) electrons. The van der Waals surface area contributed by atoms with Crippen molar-refractivity contribution in [2.24, 2.45) is 5.10 Å². The lowest BCUT2D eigenvalue weighted by Crippen LogP contribution is -2.26. The van der Waals surface area contributed by atoms with Gasteiger partial charge in [0.1, 0.15) is 10.6 Å². The summed E-state index contributed by atoms with van der Waals surface area (Å²) >= 11 is 0. The van der Waals surface area contributed by atoms with Crippen LogP contribution in [0.5, 0.6) is 5.75 Å². The predicted molar refractivity (Wildman–Crippen MR) is 101 cm³/mol. The molecule has 2 N–H and O–H groups in total. The topological polar surface area (TPSA) is 96.9 Å². The first-order valence-electron chi connectivity index (χ1n) is 7.82. The second kappa shape index (κ2) is 8.48. The van der Waals surface area contributed by atoms with Crippen LogP contribution < -0.4 is 15.5 Å². The maximum atomic E-state index is 11.9. The van der Waals surface area contributed by atoms with Crippen LogP contribution in [0.3, 0.4) is 0 Å². The van der Waals surface area contributed by atoms with Crippen molar-refractivity contribution in [3.63, 3.8) is 0 Å². The van der Waals surface area contributed by atoms with E-state index < -0.39 is 9.84 Å². The van der Waals surface area contributed by atoms with Crippen molar-refractivity contribution in [2.75, 3.05) is 25.2 Å². The molecule has 0 unspecified atom stereocenters. The summed E-state index contributed by atoms with van der Waals surface area (Å²) in [4.78, 5) is 12.0. The molecule has 0 aromatic heterocycles. The second-order valence-corrected chi connectivity index (χ2v) is 7.57. The molecule has 0 aliphatic heterocycles. The van der Waals surface area contributed by atoms with E-state index in [1.165, 1.54) is 13.2 Å². The Morgan fingerprint density at radius 2 is 1.85 bits per heavy atom. The van der Waals surface area contributed by atoms with Gasteiger partial charge in [0.15, 0.2) is 9.84 Å². The SMILES string of the molecule is COc1cc(/C(C)=N/NC(=O)CNc2ccccc2)ccc1S(C)(=O)=O. The zero-order valence-electron chi connectivity index (χ0n) is 14.8. The molecule has 0 atom stereocenters. The van der Waals surface area contributed by atoms with Gasteiger partial charge in [-0.2, -0.15) is 5.10 Å². The first-order chi connectivity index (χ1) is 12.3. The number of rotatable bonds is 7. The molecule has 0 aliphatic carbocycles. The van der Waals surface area contributed by atoms with E-state index in [2.05, 4.69) is 15.8 Å². The zero-order chi connectivity index (χ0) is 19.2. The molecular formula is C18H21N3O4S. The summed E-state index contributed by atoms with van der Waals surface area (Å²) in [5.41, 5.74) is 4.47. The van der Waals surface area contributed by atoms with Gasteiger partial charge in [0.25, 0.3) is 5.91 Å². The fraction of sp³-hybridized carbons (Fsp3) is 0.222. The van der Waals surface area contributed by atoms with Crippen LogP contribution in [0.15, 0.2) is 58.5 Å². The molecule has 0 spiro atoms. The van der Waals surface area contributed by atoms with Crippen molar-refractivity contribution in [1.82, 2.24) is 5.43 Å². The Hall–Kier alpha value is -2.87. The zero-order valence-corrected chi connectivity index (χ0v) is 15.6. The molecule has 2 rings (SSSR count). The van der Waals surface area contributed by atoms with Gasteiger partial charge in [0.05, 0.1) is 19.4 Å². The van der Waals surface area contributed by atoms with Gasteiger partial charge in [0.2, 0.25) is 0 Å². The van der Waals surface area contributed by atoms with Crippen molar-refractivity contribution in [2.45, 2.75) is 11.8 Å². The van der Waals surface area contributed by atoms with Crippen LogP contribution in [0.4, 0.5) is 5.69 Å². The van der Waals surface area contributed by atoms with Crippen LogP contribution in [-0.4, -0.2) is 39.9 Å². The highest BCUT2D eigenvalue weighted by Gasteiger charge is 2.15. The van der Waals surface area contributed by atoms with E-state index in [1.54, 1.807) is 19.1 Å². The summed E-state index contributed by atoms with van der Waals surface area (Å²) in [5, 5.41) is 7.03. The summed E-state index contributed by atoms with van der Waals surface area (Å²) in [6.07, 6.45) is 1.12. The minimum atomic E-state index is -3.39. The Bertz CT molecular complexity index is 909. The number of amides is 1. The molecule has 7 nitrogen and oxygen atoms in total. The van der Waals surface area contributed by atoms with E-state index in [0.717, 1.165) is 11.9 Å². The van der Waals surface area contributed by atoms with Crippen molar-refractivity contribution in [1.29, 1.82) is 0 Å². The highest BCUT2D eigenvalue weighted by Crippen LogP contribution is 2.25. The van der Waals surface area contributed by atoms with Crippen LogP contribution in [0.25, 0.3) is 0 Å². The van der Waals surface area contributed by atoms with Gasteiger partial charge in [-0.25, -0.2) is 13.8 Å². The molecule has 0 aliphatic rings. The quantitative estimate of drug-likeness (QED) is 0.570. The number of methoxy groups -OCH3 is 1. The lowest BCUT2D eigenvalue weighted by Gasteiger charge is -2.09. The van der Waals surface area contributed by atoms with Gasteiger partial charge in [0, 0.05) is 17.5 Å². The van der Waals surface area contributed by atoms with Gasteiger partial charge in [-0.3, -0.25) is 4.79 Å². The number of nitrogens with zero attached hydrogens (tertiary/aromatic N) is 1. The minimum absolute atomic E-state index is 0.0805. The molecule has 0 heterocycles. The Morgan fingerprint density at radius 3 is 2.46 bits per heavy atom. The number of hydrogen-bond donors (Lipinski definition) is 2. The van der Waals surface area contributed by atoms with Crippen LogP contribution in [0.2, 0.25) is 0 Å². The normalized spacial score (nSPS) is 11.7. The fourth-order valence-corrected chi connectivity index (χ4v) is 3.01. The van der Waals surface area contributed by atoms with Gasteiger partial charge in [-0.1, -0.05) is 24.3 Å². The van der Waals surface area contributed by atoms with Gasteiger partial charge < -0.3 is 10.1 Å². The summed E-state index contributed by atoms with van der Waals surface area (Å²) in [7, 11) is -1.99. The Kier molecular flexibility index (Phi) is 6.35. The smallest absolute Gasteiger partial charge is 0.259 e. The highest BCUT2D eigenvalue weighted by molar-refractivity contribution is 7.90. The Labute approximate surface area is 153 Å². The number of ether oxygens (including phenoxy) is 1. The molecule has 0 saturated carbocycles. The number of anilines is 1. The number of carbonyl (C=O) groups excluding carboxylic acids is 1. The molecule has 0 bridgehead atoms. The lowest BCUT2D eigenvalue weighted by atomic mass is 10.1. The van der Waals surface area contributed by atoms with E-state index in [9.17, 15) is 13.2 Å². The van der Waals surface area contributed by atoms with Gasteiger partial charge in [-0.05, 0) is 31.2 Å². The maximum absolute atomic E-state index is 11.9. The number of hydrogen-bond acceptors (Lipinski definition) is 6. The average molecular weight is 375 g/mol. The summed E-state index contributed by atoms with van der Waals surface area (Å²) in [6.45, 7) is 1.79. The predicted octanol–water partition coefficient (Wildman–Crippen LogP) is 2.05. The number of para-hydroxylation sites is 1. The molecular weight excluding hydrogens is 354 g/mol. The maximum Gasteiger partial charge on any atom is 0.259 e. The number of nitrogens with one attached hydrogen (secondary N) is 2. The van der Waals surface area contributed by atoms with Gasteiger partial charge >= 0.3 is 0 Å². The van der Waals surface area contributed by atoms with E-state index in [4.69, 9.17) is 4.74 Å². The summed E-state index contributed by atoms with van der Waals surface area (Å²) in [6, 6.07) is 14.0. The number of carbonyl (C=O) groups is 1. The Balaban J connectivity index is 2.03. The van der Waals surface area contributed by atoms with Crippen LogP contribution in [0, 0.1) is 0 Å². The third-order valence-corrected chi connectivity index (χ3v) is 4.69. The highest BCUT2D eigenvalue weighted by atomic mass is 32.2. The molecule has 2 aromatic carbocycles. The Morgan fingerprint density at radius 1 is 1.15 bits per heavy atom. The fourth-order valence-electron chi connectivity index (χ4n) is 2.19. The third-order valence-electron chi connectivity index (χ3n) is 3.56. The minimum Gasteiger partial charge on any atom is -0.495 e. The average Bonchev–Trinajstić information content (AvgIpc) is 2.63. The van der Waals surface area contributed by atoms with E-state index in [-0.39, 0.29) is 23.1 Å². The van der Waals surface area contributed by atoms with E-state index in [0.29, 0.717) is 11.3 Å². The molecule has 1 amide bonds. The van der Waals surface area contributed by atoms with Crippen LogP contribution in [-0.2, 0) is 14.6 Å². The van der Waals surface area contributed by atoms with Crippen molar-refractivity contribution in [3.05, 3.63) is 54.1 Å². The molecule has 2 aromatic rings. The van der Waals surface area contributed by atoms with Crippen LogP contribution >= 0.6 is 0 Å². The van der Waals surface area contributed by atoms with E-state index in [1.807, 2.05) is 30.3 Å². The summed E-state index contributed by atoms with van der Waals surface area (Å²) < 4.78 is 28.6. The van der Waals surface area contributed by atoms with Crippen molar-refractivity contribution in [3.8, 4) is 5.75 Å². The number of sulfone groups is 1. The standard InChI is InChI=1S/C18H21N3O4S/c1-13(14-9-10-17(26(3,23)24)16(11-14)25-2)20-21-18(22)12-19-15-7-5-4-6-8-15/h4-11,19H,12H2,1-3H3,(H,21,22)/b20-13+. The monoisotopic (exact) mass is 375 g/mol. The van der Waals surface area contributed by atoms with Crippen LogP contribution in [0.1, 0.15) is 12.5 Å².